The van der Waals surface area contributed by atoms with Gasteiger partial charge in [0.25, 0.3) is 0 Å². The maximum absolute atomic E-state index is 13.9. The molecular weight excluding hydrogens is 428 g/mol. The third-order valence-corrected chi connectivity index (χ3v) is 5.32. The number of nitrogens with zero attached hydrogens (tertiary/aromatic N) is 3. The molecule has 0 bridgehead atoms. The van der Waals surface area contributed by atoms with Crippen LogP contribution in [0.5, 0.6) is 0 Å². The van der Waals surface area contributed by atoms with E-state index in [0.29, 0.717) is 25.4 Å². The van der Waals surface area contributed by atoms with Gasteiger partial charge in [-0.1, -0.05) is 17.3 Å². The Morgan fingerprint density at radius 2 is 1.91 bits per heavy atom. The van der Waals surface area contributed by atoms with Gasteiger partial charge in [-0.3, -0.25) is 0 Å². The van der Waals surface area contributed by atoms with Crippen LogP contribution >= 0.6 is 0 Å². The summed E-state index contributed by atoms with van der Waals surface area (Å²) in [6.07, 6.45) is -2.38. The van der Waals surface area contributed by atoms with E-state index in [2.05, 4.69) is 15.5 Å². The molecule has 1 saturated heterocycles. The van der Waals surface area contributed by atoms with Crippen LogP contribution in [0.2, 0.25) is 0 Å². The van der Waals surface area contributed by atoms with Gasteiger partial charge in [-0.2, -0.15) is 18.2 Å². The first-order valence-corrected chi connectivity index (χ1v) is 10.1. The van der Waals surface area contributed by atoms with E-state index >= 15 is 0 Å². The van der Waals surface area contributed by atoms with Crippen LogP contribution in [0.3, 0.4) is 0 Å². The van der Waals surface area contributed by atoms with Crippen molar-refractivity contribution in [3.63, 3.8) is 0 Å². The van der Waals surface area contributed by atoms with Crippen molar-refractivity contribution >= 4 is 11.7 Å². The number of amides is 2. The van der Waals surface area contributed by atoms with Gasteiger partial charge in [0.2, 0.25) is 11.7 Å². The molecule has 1 fully saturated rings. The zero-order chi connectivity index (χ0) is 22.7. The lowest BCUT2D eigenvalue weighted by Gasteiger charge is -2.32. The highest BCUT2D eigenvalue weighted by atomic mass is 19.4. The van der Waals surface area contributed by atoms with Crippen LogP contribution in [0.1, 0.15) is 24.3 Å². The summed E-state index contributed by atoms with van der Waals surface area (Å²) < 4.78 is 57.2. The zero-order valence-electron chi connectivity index (χ0n) is 16.9. The first-order valence-electron chi connectivity index (χ1n) is 10.1. The Morgan fingerprint density at radius 3 is 2.62 bits per heavy atom. The van der Waals surface area contributed by atoms with Crippen LogP contribution in [0, 0.1) is 11.7 Å². The Morgan fingerprint density at radius 1 is 1.16 bits per heavy atom. The summed E-state index contributed by atoms with van der Waals surface area (Å²) in [7, 11) is 0. The van der Waals surface area contributed by atoms with Gasteiger partial charge in [0, 0.05) is 25.2 Å². The quantitative estimate of drug-likeness (QED) is 0.544. The smallest absolute Gasteiger partial charge is 0.339 e. The molecule has 168 valence electrons. The molecule has 1 atom stereocenters. The summed E-state index contributed by atoms with van der Waals surface area (Å²) in [5.41, 5.74) is -0.233. The van der Waals surface area contributed by atoms with E-state index in [-0.39, 0.29) is 29.0 Å². The molecule has 2 aromatic carbocycles. The number of alkyl halides is 3. The summed E-state index contributed by atoms with van der Waals surface area (Å²) in [5, 5.41) is 6.48. The number of anilines is 1. The van der Waals surface area contributed by atoms with E-state index in [1.165, 1.54) is 18.2 Å². The largest absolute Gasteiger partial charge is 0.416 e. The van der Waals surface area contributed by atoms with Gasteiger partial charge in [0.1, 0.15) is 5.82 Å². The molecular formula is C22H20F4N4O2. The van der Waals surface area contributed by atoms with Crippen LogP contribution in [0.15, 0.2) is 53.1 Å². The molecule has 0 radical (unpaired) electrons. The second-order valence-corrected chi connectivity index (χ2v) is 7.66. The number of nitrogens with one attached hydrogen (secondary N) is 1. The van der Waals surface area contributed by atoms with Crippen LogP contribution in [0.25, 0.3) is 11.4 Å². The topological polar surface area (TPSA) is 71.3 Å². The molecule has 0 aliphatic carbocycles. The number of piperidine rings is 1. The van der Waals surface area contributed by atoms with Gasteiger partial charge in [-0.15, -0.1) is 0 Å². The van der Waals surface area contributed by atoms with Crippen molar-refractivity contribution < 1.29 is 26.9 Å². The van der Waals surface area contributed by atoms with Gasteiger partial charge >= 0.3 is 12.2 Å². The second-order valence-electron chi connectivity index (χ2n) is 7.66. The lowest BCUT2D eigenvalue weighted by molar-refractivity contribution is -0.137. The molecule has 1 aliphatic rings. The summed E-state index contributed by atoms with van der Waals surface area (Å²) in [5.74, 6) is 0.156. The highest BCUT2D eigenvalue weighted by molar-refractivity contribution is 5.89. The van der Waals surface area contributed by atoms with Gasteiger partial charge in [-0.05, 0) is 55.2 Å². The van der Waals surface area contributed by atoms with Crippen molar-refractivity contribution in [1.29, 1.82) is 0 Å². The van der Waals surface area contributed by atoms with Gasteiger partial charge in [0.15, 0.2) is 0 Å². The summed E-state index contributed by atoms with van der Waals surface area (Å²) >= 11 is 0. The highest BCUT2D eigenvalue weighted by Crippen LogP contribution is 2.30. The Bertz CT molecular complexity index is 1080. The van der Waals surface area contributed by atoms with Gasteiger partial charge in [-0.25, -0.2) is 9.18 Å². The fraction of sp³-hybridized carbons (Fsp3) is 0.318. The normalized spacial score (nSPS) is 16.8. The number of carbonyl (C=O) groups excluding carboxylic acids is 1. The number of hydrogen-bond acceptors (Lipinski definition) is 4. The minimum atomic E-state index is -4.43. The molecule has 1 N–H and O–H groups in total. The molecule has 0 spiro atoms. The number of halogens is 4. The number of urea groups is 1. The van der Waals surface area contributed by atoms with Crippen molar-refractivity contribution in [2.75, 3.05) is 18.4 Å². The summed E-state index contributed by atoms with van der Waals surface area (Å²) in [4.78, 5) is 18.5. The monoisotopic (exact) mass is 448 g/mol. The molecule has 32 heavy (non-hydrogen) atoms. The molecule has 0 unspecified atom stereocenters. The number of carbonyl (C=O) groups is 1. The van der Waals surface area contributed by atoms with E-state index in [4.69, 9.17) is 4.52 Å². The Balaban J connectivity index is 1.35. The second kappa shape index (κ2) is 8.97. The number of aromatic nitrogens is 2. The zero-order valence-corrected chi connectivity index (χ0v) is 16.9. The average Bonchev–Trinajstić information content (AvgIpc) is 3.22. The molecule has 4 rings (SSSR count). The van der Waals surface area contributed by atoms with Crippen LogP contribution in [0.4, 0.5) is 28.0 Å². The highest BCUT2D eigenvalue weighted by Gasteiger charge is 2.30. The maximum Gasteiger partial charge on any atom is 0.416 e. The third kappa shape index (κ3) is 5.06. The fourth-order valence-corrected chi connectivity index (χ4v) is 3.70. The summed E-state index contributed by atoms with van der Waals surface area (Å²) in [6, 6.07) is 10.1. The Kier molecular flexibility index (Phi) is 6.11. The molecule has 2 heterocycles. The molecule has 2 amide bonds. The minimum absolute atomic E-state index is 0.0658. The first kappa shape index (κ1) is 21.8. The molecule has 1 aromatic heterocycles. The fourth-order valence-electron chi connectivity index (χ4n) is 3.70. The van der Waals surface area contributed by atoms with E-state index in [1.54, 1.807) is 23.1 Å². The lowest BCUT2D eigenvalue weighted by atomic mass is 9.95. The van der Waals surface area contributed by atoms with E-state index < -0.39 is 17.6 Å². The minimum Gasteiger partial charge on any atom is -0.339 e. The number of likely N-dealkylation sites (tertiary alicyclic amines) is 1. The number of benzene rings is 2. The number of hydrogen-bond donors (Lipinski definition) is 1. The number of rotatable bonds is 4. The van der Waals surface area contributed by atoms with Crippen LogP contribution < -0.4 is 5.32 Å². The van der Waals surface area contributed by atoms with Crippen molar-refractivity contribution in [3.8, 4) is 11.4 Å². The van der Waals surface area contributed by atoms with Crippen molar-refractivity contribution in [3.05, 3.63) is 65.8 Å². The standard InChI is InChI=1S/C22H20F4N4O2/c23-18-6-2-1-5-17(18)20-28-19(32-29-20)12-14-4-3-11-30(13-14)21(31)27-16-9-7-15(8-10-16)22(24,25)26/h1-2,5-10,14H,3-4,11-13H2,(H,27,31)/t14-/m1/s1. The maximum atomic E-state index is 13.9. The first-order chi connectivity index (χ1) is 15.3. The van der Waals surface area contributed by atoms with E-state index in [0.717, 1.165) is 25.0 Å². The van der Waals surface area contributed by atoms with Crippen LogP contribution in [-0.2, 0) is 12.6 Å². The SMILES string of the molecule is O=C(Nc1ccc(C(F)(F)F)cc1)N1CCC[C@H](Cc2nc(-c3ccccc3F)no2)C1. The van der Waals surface area contributed by atoms with Gasteiger partial charge < -0.3 is 14.7 Å². The van der Waals surface area contributed by atoms with Gasteiger partial charge in [0.05, 0.1) is 11.1 Å². The Labute approximate surface area is 181 Å². The van der Waals surface area contributed by atoms with Crippen molar-refractivity contribution in [2.45, 2.75) is 25.4 Å². The lowest BCUT2D eigenvalue weighted by Crippen LogP contribution is -2.42. The van der Waals surface area contributed by atoms with E-state index in [9.17, 15) is 22.4 Å². The summed E-state index contributed by atoms with van der Waals surface area (Å²) in [6.45, 7) is 0.969. The van der Waals surface area contributed by atoms with Crippen LogP contribution in [-0.4, -0.2) is 34.2 Å². The third-order valence-electron chi connectivity index (χ3n) is 5.32. The predicted molar refractivity (Wildman–Crippen MR) is 108 cm³/mol. The molecule has 10 heteroatoms. The molecule has 6 nitrogen and oxygen atoms in total. The predicted octanol–water partition coefficient (Wildman–Crippen LogP) is 5.38. The average molecular weight is 448 g/mol. The molecule has 3 aromatic rings. The molecule has 0 saturated carbocycles. The van der Waals surface area contributed by atoms with Crippen molar-refractivity contribution in [2.24, 2.45) is 5.92 Å². The Hall–Kier alpha value is -3.43. The van der Waals surface area contributed by atoms with E-state index in [1.807, 2.05) is 0 Å². The van der Waals surface area contributed by atoms with Crippen molar-refractivity contribution in [1.82, 2.24) is 15.0 Å². The molecule has 1 aliphatic heterocycles.